The maximum absolute atomic E-state index is 12.5. The zero-order chi connectivity index (χ0) is 13.3. The molecule has 19 heavy (non-hydrogen) atoms. The zero-order valence-electron chi connectivity index (χ0n) is 10.3. The first-order valence-electron chi connectivity index (χ1n) is 6.17. The molecule has 2 atom stereocenters. The molecule has 0 radical (unpaired) electrons. The predicted molar refractivity (Wildman–Crippen MR) is 77.6 cm³/mol. The fourth-order valence-electron chi connectivity index (χ4n) is 2.22. The molecule has 1 heterocycles. The van der Waals surface area contributed by atoms with Crippen molar-refractivity contribution in [2.75, 3.05) is 6.61 Å². The number of carbonyl (C=O) groups excluding carboxylic acids is 1. The van der Waals surface area contributed by atoms with E-state index in [1.165, 1.54) is 0 Å². The highest BCUT2D eigenvalue weighted by Gasteiger charge is 2.54. The van der Waals surface area contributed by atoms with Crippen molar-refractivity contribution >= 4 is 21.7 Å². The van der Waals surface area contributed by atoms with Crippen LogP contribution in [-0.4, -0.2) is 17.2 Å². The topological polar surface area (TPSA) is 29.6 Å². The van der Waals surface area contributed by atoms with Gasteiger partial charge in [0.05, 0.1) is 6.61 Å². The summed E-state index contributed by atoms with van der Waals surface area (Å²) < 4.78 is 5.62. The van der Waals surface area contributed by atoms with E-state index in [9.17, 15) is 4.79 Å². The molecule has 0 aromatic heterocycles. The molecule has 0 unspecified atom stereocenters. The number of hydrogen-bond acceptors (Lipinski definition) is 2. The van der Waals surface area contributed by atoms with E-state index in [1.807, 2.05) is 60.7 Å². The van der Waals surface area contributed by atoms with Crippen molar-refractivity contribution in [3.8, 4) is 0 Å². The van der Waals surface area contributed by atoms with Gasteiger partial charge in [0.15, 0.2) is 5.78 Å². The monoisotopic (exact) mass is 316 g/mol. The summed E-state index contributed by atoms with van der Waals surface area (Å²) in [4.78, 5) is 12.1. The number of halogens is 1. The highest BCUT2D eigenvalue weighted by molar-refractivity contribution is 9.10. The lowest BCUT2D eigenvalue weighted by Gasteiger charge is -2.18. The minimum Gasteiger partial charge on any atom is -0.363 e. The molecule has 96 valence electrons. The second kappa shape index (κ2) is 4.91. The number of epoxide rings is 1. The Morgan fingerprint density at radius 3 is 2.11 bits per heavy atom. The minimum absolute atomic E-state index is 0.0574. The lowest BCUT2D eigenvalue weighted by Crippen LogP contribution is -2.30. The summed E-state index contributed by atoms with van der Waals surface area (Å²) in [6, 6.07) is 19.2. The highest BCUT2D eigenvalue weighted by Crippen LogP contribution is 2.46. The van der Waals surface area contributed by atoms with E-state index in [-0.39, 0.29) is 10.6 Å². The molecule has 2 aromatic rings. The van der Waals surface area contributed by atoms with Crippen LogP contribution in [0.1, 0.15) is 15.9 Å². The van der Waals surface area contributed by atoms with Gasteiger partial charge in [0, 0.05) is 5.56 Å². The lowest BCUT2D eigenvalue weighted by atomic mass is 9.92. The number of carbonyl (C=O) groups is 1. The van der Waals surface area contributed by atoms with E-state index >= 15 is 0 Å². The van der Waals surface area contributed by atoms with E-state index in [1.54, 1.807) is 0 Å². The van der Waals surface area contributed by atoms with Gasteiger partial charge in [-0.2, -0.15) is 0 Å². The maximum Gasteiger partial charge on any atom is 0.179 e. The van der Waals surface area contributed by atoms with Crippen LogP contribution in [0.2, 0.25) is 0 Å². The van der Waals surface area contributed by atoms with Crippen molar-refractivity contribution < 1.29 is 9.53 Å². The van der Waals surface area contributed by atoms with Crippen LogP contribution in [0, 0.1) is 0 Å². The van der Waals surface area contributed by atoms with Crippen molar-refractivity contribution in [2.45, 2.75) is 10.4 Å². The maximum atomic E-state index is 12.5. The third kappa shape index (κ3) is 2.24. The van der Waals surface area contributed by atoms with Crippen LogP contribution in [0.4, 0.5) is 0 Å². The van der Waals surface area contributed by atoms with Crippen molar-refractivity contribution in [3.05, 3.63) is 71.8 Å². The van der Waals surface area contributed by atoms with Gasteiger partial charge in [-0.1, -0.05) is 76.6 Å². The molecular formula is C16H13BrO2. The van der Waals surface area contributed by atoms with E-state index in [0.29, 0.717) is 12.2 Å². The van der Waals surface area contributed by atoms with E-state index < -0.39 is 5.60 Å². The molecule has 0 N–H and O–H groups in total. The van der Waals surface area contributed by atoms with Crippen LogP contribution < -0.4 is 0 Å². The molecular weight excluding hydrogens is 304 g/mol. The van der Waals surface area contributed by atoms with Gasteiger partial charge in [0.25, 0.3) is 0 Å². The van der Waals surface area contributed by atoms with Gasteiger partial charge < -0.3 is 4.74 Å². The molecule has 0 bridgehead atoms. The molecule has 3 heteroatoms. The average Bonchev–Trinajstić information content (AvgIpc) is 3.29. The van der Waals surface area contributed by atoms with Crippen molar-refractivity contribution in [2.24, 2.45) is 0 Å². The molecule has 3 rings (SSSR count). The van der Waals surface area contributed by atoms with Gasteiger partial charge in [-0.3, -0.25) is 4.79 Å². The standard InChI is InChI=1S/C16H13BrO2/c17-15(14(18)12-7-3-1-4-8-12)16(11-19-16)13-9-5-2-6-10-13/h1-10,15H,11H2/t15-,16+/m0/s1. The van der Waals surface area contributed by atoms with E-state index in [2.05, 4.69) is 15.9 Å². The van der Waals surface area contributed by atoms with Gasteiger partial charge in [0.2, 0.25) is 0 Å². The third-order valence-electron chi connectivity index (χ3n) is 3.42. The van der Waals surface area contributed by atoms with Crippen molar-refractivity contribution in [1.29, 1.82) is 0 Å². The Balaban J connectivity index is 1.89. The Morgan fingerprint density at radius 2 is 1.58 bits per heavy atom. The van der Waals surface area contributed by atoms with Gasteiger partial charge in [0.1, 0.15) is 10.4 Å². The zero-order valence-corrected chi connectivity index (χ0v) is 11.8. The Bertz CT molecular complexity index is 576. The van der Waals surface area contributed by atoms with Crippen LogP contribution in [0.15, 0.2) is 60.7 Å². The molecule has 1 fully saturated rings. The van der Waals surface area contributed by atoms with Crippen molar-refractivity contribution in [1.82, 2.24) is 0 Å². The Labute approximate surface area is 120 Å². The average molecular weight is 317 g/mol. The van der Waals surface area contributed by atoms with Crippen molar-refractivity contribution in [3.63, 3.8) is 0 Å². The molecule has 1 aliphatic heterocycles. The van der Waals surface area contributed by atoms with Crippen LogP contribution >= 0.6 is 15.9 Å². The first-order chi connectivity index (χ1) is 9.24. The fourth-order valence-corrected chi connectivity index (χ4v) is 3.01. The Morgan fingerprint density at radius 1 is 1.05 bits per heavy atom. The Kier molecular flexibility index (Phi) is 3.25. The summed E-state index contributed by atoms with van der Waals surface area (Å²) >= 11 is 3.53. The second-order valence-corrected chi connectivity index (χ2v) is 5.55. The molecule has 1 saturated heterocycles. The number of benzene rings is 2. The van der Waals surface area contributed by atoms with Gasteiger partial charge in [-0.05, 0) is 5.56 Å². The van der Waals surface area contributed by atoms with Crippen LogP contribution in [-0.2, 0) is 10.3 Å². The molecule has 2 aromatic carbocycles. The van der Waals surface area contributed by atoms with Gasteiger partial charge in [-0.15, -0.1) is 0 Å². The number of ether oxygens (including phenoxy) is 1. The van der Waals surface area contributed by atoms with E-state index in [0.717, 1.165) is 5.56 Å². The number of alkyl halides is 1. The van der Waals surface area contributed by atoms with Gasteiger partial charge >= 0.3 is 0 Å². The number of ketones is 1. The van der Waals surface area contributed by atoms with Crippen LogP contribution in [0.3, 0.4) is 0 Å². The van der Waals surface area contributed by atoms with E-state index in [4.69, 9.17) is 4.74 Å². The summed E-state index contributed by atoms with van der Waals surface area (Å²) in [5.74, 6) is 0.0574. The third-order valence-corrected chi connectivity index (χ3v) is 4.57. The SMILES string of the molecule is O=C(c1ccccc1)[C@H](Br)[C@]1(c2ccccc2)CO1. The highest BCUT2D eigenvalue weighted by atomic mass is 79.9. The molecule has 0 saturated carbocycles. The second-order valence-electron chi connectivity index (χ2n) is 4.64. The first kappa shape index (κ1) is 12.6. The van der Waals surface area contributed by atoms with Crippen LogP contribution in [0.5, 0.6) is 0 Å². The summed E-state index contributed by atoms with van der Waals surface area (Å²) in [5.41, 5.74) is 1.24. The number of Topliss-reactive ketones (excluding diaryl/α,β-unsaturated/α-hetero) is 1. The largest absolute Gasteiger partial charge is 0.363 e. The molecule has 0 amide bonds. The molecule has 0 aliphatic carbocycles. The molecule has 2 nitrogen and oxygen atoms in total. The van der Waals surface area contributed by atoms with Crippen LogP contribution in [0.25, 0.3) is 0 Å². The first-order valence-corrected chi connectivity index (χ1v) is 7.08. The quantitative estimate of drug-likeness (QED) is 0.490. The number of hydrogen-bond donors (Lipinski definition) is 0. The molecule has 0 spiro atoms. The molecule has 1 aliphatic rings. The van der Waals surface area contributed by atoms with Gasteiger partial charge in [-0.25, -0.2) is 0 Å². The fraction of sp³-hybridized carbons (Fsp3) is 0.188. The minimum atomic E-state index is -0.506. The summed E-state index contributed by atoms with van der Waals surface area (Å²) in [5, 5.41) is 0. The summed E-state index contributed by atoms with van der Waals surface area (Å²) in [6.07, 6.45) is 0. The predicted octanol–water partition coefficient (Wildman–Crippen LogP) is 3.56. The summed E-state index contributed by atoms with van der Waals surface area (Å²) in [7, 11) is 0. The number of rotatable bonds is 4. The normalized spacial score (nSPS) is 22.8. The lowest BCUT2D eigenvalue weighted by molar-refractivity contribution is 0.0957. The summed E-state index contributed by atoms with van der Waals surface area (Å²) in [6.45, 7) is 0.575. The smallest absolute Gasteiger partial charge is 0.179 e. The Hall–Kier alpha value is -1.45.